The fraction of sp³-hybridized carbons (Fsp3) is 0.562. The molecule has 0 unspecified atom stereocenters. The number of likely N-dealkylation sites (tertiary alicyclic amines) is 1. The number of hydrogen-bond donors (Lipinski definition) is 2. The molecule has 0 aromatic heterocycles. The molecule has 6 heteroatoms. The Morgan fingerprint density at radius 1 is 1.23 bits per heavy atom. The second kappa shape index (κ2) is 6.60. The minimum Gasteiger partial charge on any atom is -0.324 e. The summed E-state index contributed by atoms with van der Waals surface area (Å²) in [6.07, 6.45) is 1.72. The lowest BCUT2D eigenvalue weighted by Gasteiger charge is -2.41. The van der Waals surface area contributed by atoms with Crippen molar-refractivity contribution in [3.8, 4) is 0 Å². The summed E-state index contributed by atoms with van der Waals surface area (Å²) in [5.41, 5.74) is 0.296. The molecule has 0 saturated carbocycles. The fourth-order valence-corrected chi connectivity index (χ4v) is 2.82. The van der Waals surface area contributed by atoms with Gasteiger partial charge in [-0.05, 0) is 31.9 Å². The van der Waals surface area contributed by atoms with Gasteiger partial charge in [0.25, 0.3) is 0 Å². The third-order valence-electron chi connectivity index (χ3n) is 3.96. The monoisotopic (exact) mass is 311 g/mol. The molecule has 0 bridgehead atoms. The van der Waals surface area contributed by atoms with Gasteiger partial charge < -0.3 is 15.5 Å². The number of hydrogen-bond acceptors (Lipinski definition) is 2. The summed E-state index contributed by atoms with van der Waals surface area (Å²) in [5.74, 6) is -1.89. The van der Waals surface area contributed by atoms with Crippen LogP contribution in [0.15, 0.2) is 18.2 Å². The minimum atomic E-state index is -0.967. The summed E-state index contributed by atoms with van der Waals surface area (Å²) in [6, 6.07) is 3.46. The molecule has 1 aliphatic rings. The minimum absolute atomic E-state index is 0.0347. The molecular formula is C16H23F2N3O. The van der Waals surface area contributed by atoms with Crippen LogP contribution in [-0.4, -0.2) is 35.6 Å². The highest BCUT2D eigenvalue weighted by molar-refractivity contribution is 5.89. The third kappa shape index (κ3) is 4.16. The molecule has 0 spiro atoms. The lowest BCUT2D eigenvalue weighted by molar-refractivity contribution is 0.153. The number of rotatable bonds is 3. The van der Waals surface area contributed by atoms with Crippen LogP contribution in [0.3, 0.4) is 0 Å². The molecule has 2 rings (SSSR count). The molecule has 0 atom stereocenters. The van der Waals surface area contributed by atoms with Crippen molar-refractivity contribution in [3.05, 3.63) is 29.8 Å². The van der Waals surface area contributed by atoms with Gasteiger partial charge in [0.2, 0.25) is 0 Å². The molecule has 1 aromatic carbocycles. The maximum atomic E-state index is 13.1. The SMILES string of the molecule is CC(C)NC1(C)CCN(C(=O)Nc2ccc(F)c(F)c2)CC1. The van der Waals surface area contributed by atoms with Crippen LogP contribution in [0.25, 0.3) is 0 Å². The van der Waals surface area contributed by atoms with E-state index in [4.69, 9.17) is 0 Å². The van der Waals surface area contributed by atoms with Crippen molar-refractivity contribution in [1.82, 2.24) is 10.2 Å². The Morgan fingerprint density at radius 2 is 1.86 bits per heavy atom. The molecule has 22 heavy (non-hydrogen) atoms. The van der Waals surface area contributed by atoms with E-state index < -0.39 is 11.6 Å². The average molecular weight is 311 g/mol. The first-order valence-electron chi connectivity index (χ1n) is 7.58. The summed E-state index contributed by atoms with van der Waals surface area (Å²) < 4.78 is 26.0. The van der Waals surface area contributed by atoms with E-state index in [2.05, 4.69) is 31.4 Å². The van der Waals surface area contributed by atoms with Crippen LogP contribution in [-0.2, 0) is 0 Å². The third-order valence-corrected chi connectivity index (χ3v) is 3.96. The van der Waals surface area contributed by atoms with Gasteiger partial charge in [0.1, 0.15) is 0 Å². The number of nitrogens with zero attached hydrogens (tertiary/aromatic N) is 1. The van der Waals surface area contributed by atoms with E-state index >= 15 is 0 Å². The number of anilines is 1. The van der Waals surface area contributed by atoms with Gasteiger partial charge in [0, 0.05) is 36.4 Å². The number of urea groups is 1. The molecule has 122 valence electrons. The topological polar surface area (TPSA) is 44.4 Å². The molecule has 0 radical (unpaired) electrons. The van der Waals surface area contributed by atoms with Crippen LogP contribution in [0.1, 0.15) is 33.6 Å². The van der Waals surface area contributed by atoms with Crippen molar-refractivity contribution < 1.29 is 13.6 Å². The number of piperidine rings is 1. The maximum Gasteiger partial charge on any atom is 0.321 e. The predicted octanol–water partition coefficient (Wildman–Crippen LogP) is 3.35. The summed E-state index contributed by atoms with van der Waals surface area (Å²) in [5, 5.41) is 6.14. The van der Waals surface area contributed by atoms with Crippen LogP contribution in [0, 0.1) is 11.6 Å². The van der Waals surface area contributed by atoms with E-state index in [1.165, 1.54) is 6.07 Å². The molecule has 1 heterocycles. The predicted molar refractivity (Wildman–Crippen MR) is 82.9 cm³/mol. The van der Waals surface area contributed by atoms with Crippen molar-refractivity contribution >= 4 is 11.7 Å². The summed E-state index contributed by atoms with van der Waals surface area (Å²) in [7, 11) is 0. The maximum absolute atomic E-state index is 13.1. The molecule has 1 fully saturated rings. The van der Waals surface area contributed by atoms with Crippen molar-refractivity contribution in [1.29, 1.82) is 0 Å². The van der Waals surface area contributed by atoms with Gasteiger partial charge in [-0.25, -0.2) is 13.6 Å². The lowest BCUT2D eigenvalue weighted by Crippen LogP contribution is -2.55. The molecule has 2 N–H and O–H groups in total. The van der Waals surface area contributed by atoms with Crippen molar-refractivity contribution in [2.45, 2.75) is 45.2 Å². The molecule has 4 nitrogen and oxygen atoms in total. The van der Waals surface area contributed by atoms with E-state index in [0.29, 0.717) is 19.1 Å². The highest BCUT2D eigenvalue weighted by Crippen LogP contribution is 2.23. The van der Waals surface area contributed by atoms with Gasteiger partial charge in [0.15, 0.2) is 11.6 Å². The molecule has 0 aliphatic carbocycles. The smallest absolute Gasteiger partial charge is 0.321 e. The van der Waals surface area contributed by atoms with Crippen LogP contribution in [0.4, 0.5) is 19.3 Å². The Morgan fingerprint density at radius 3 is 2.41 bits per heavy atom. The van der Waals surface area contributed by atoms with E-state index in [-0.39, 0.29) is 17.3 Å². The summed E-state index contributed by atoms with van der Waals surface area (Å²) in [6.45, 7) is 7.63. The number of halogens is 2. The number of carbonyl (C=O) groups is 1. The second-order valence-electron chi connectivity index (χ2n) is 6.41. The van der Waals surface area contributed by atoms with Crippen LogP contribution in [0.2, 0.25) is 0 Å². The van der Waals surface area contributed by atoms with Crippen molar-refractivity contribution in [3.63, 3.8) is 0 Å². The highest BCUT2D eigenvalue weighted by atomic mass is 19.2. The molecule has 2 amide bonds. The first kappa shape index (κ1) is 16.7. The van der Waals surface area contributed by atoms with Gasteiger partial charge in [-0.1, -0.05) is 13.8 Å². The van der Waals surface area contributed by atoms with Crippen molar-refractivity contribution in [2.75, 3.05) is 18.4 Å². The van der Waals surface area contributed by atoms with E-state index in [1.807, 2.05) is 0 Å². The first-order valence-corrected chi connectivity index (χ1v) is 7.58. The zero-order valence-corrected chi connectivity index (χ0v) is 13.2. The largest absolute Gasteiger partial charge is 0.324 e. The quantitative estimate of drug-likeness (QED) is 0.899. The number of nitrogens with one attached hydrogen (secondary N) is 2. The van der Waals surface area contributed by atoms with Gasteiger partial charge in [-0.15, -0.1) is 0 Å². The van der Waals surface area contributed by atoms with Gasteiger partial charge >= 0.3 is 6.03 Å². The van der Waals surface area contributed by atoms with Crippen LogP contribution >= 0.6 is 0 Å². The molecule has 1 saturated heterocycles. The number of benzene rings is 1. The van der Waals surface area contributed by atoms with E-state index in [0.717, 1.165) is 25.0 Å². The zero-order chi connectivity index (χ0) is 16.3. The Hall–Kier alpha value is -1.69. The Labute approximate surface area is 129 Å². The summed E-state index contributed by atoms with van der Waals surface area (Å²) in [4.78, 5) is 13.9. The Kier molecular flexibility index (Phi) is 5.01. The van der Waals surface area contributed by atoms with Crippen LogP contribution < -0.4 is 10.6 Å². The molecule has 1 aliphatic heterocycles. The Balaban J connectivity index is 1.91. The first-order chi connectivity index (χ1) is 10.3. The Bertz CT molecular complexity index is 540. The fourth-order valence-electron chi connectivity index (χ4n) is 2.82. The van der Waals surface area contributed by atoms with Gasteiger partial charge in [-0.2, -0.15) is 0 Å². The number of amides is 2. The number of carbonyl (C=O) groups excluding carboxylic acids is 1. The van der Waals surface area contributed by atoms with Gasteiger partial charge in [-0.3, -0.25) is 0 Å². The second-order valence-corrected chi connectivity index (χ2v) is 6.41. The van der Waals surface area contributed by atoms with Gasteiger partial charge in [0.05, 0.1) is 0 Å². The molecular weight excluding hydrogens is 288 g/mol. The molecule has 1 aromatic rings. The van der Waals surface area contributed by atoms with Crippen LogP contribution in [0.5, 0.6) is 0 Å². The zero-order valence-electron chi connectivity index (χ0n) is 13.2. The highest BCUT2D eigenvalue weighted by Gasteiger charge is 2.32. The standard InChI is InChI=1S/C16H23F2N3O/c1-11(2)20-16(3)6-8-21(9-7-16)15(22)19-12-4-5-13(17)14(18)10-12/h4-5,10-11,20H,6-9H2,1-3H3,(H,19,22). The van der Waals surface area contributed by atoms with Crippen molar-refractivity contribution in [2.24, 2.45) is 0 Å². The van der Waals surface area contributed by atoms with E-state index in [9.17, 15) is 13.6 Å². The average Bonchev–Trinajstić information content (AvgIpc) is 2.42. The summed E-state index contributed by atoms with van der Waals surface area (Å²) >= 11 is 0. The lowest BCUT2D eigenvalue weighted by atomic mass is 9.89. The van der Waals surface area contributed by atoms with E-state index in [1.54, 1.807) is 4.90 Å². The normalized spacial score (nSPS) is 17.6.